The van der Waals surface area contributed by atoms with E-state index in [0.29, 0.717) is 38.3 Å². The van der Waals surface area contributed by atoms with E-state index < -0.39 is 11.7 Å². The molecule has 2 heterocycles. The fourth-order valence-corrected chi connectivity index (χ4v) is 5.10. The molecule has 0 unspecified atom stereocenters. The van der Waals surface area contributed by atoms with Gasteiger partial charge in [-0.25, -0.2) is 0 Å². The third-order valence-corrected chi connectivity index (χ3v) is 7.01. The Morgan fingerprint density at radius 2 is 1.66 bits per heavy atom. The number of nitrogens with zero attached hydrogens (tertiary/aromatic N) is 5. The second-order valence-corrected chi connectivity index (χ2v) is 9.48. The fourth-order valence-electron chi connectivity index (χ4n) is 4.10. The monoisotopic (exact) mass is 503 g/mol. The van der Waals surface area contributed by atoms with Crippen LogP contribution in [0.5, 0.6) is 0 Å². The lowest BCUT2D eigenvalue weighted by molar-refractivity contribution is -0.137. The average molecular weight is 504 g/mol. The first-order valence-corrected chi connectivity index (χ1v) is 12.6. The van der Waals surface area contributed by atoms with E-state index in [1.54, 1.807) is 17.8 Å². The van der Waals surface area contributed by atoms with Crippen molar-refractivity contribution in [1.82, 2.24) is 19.7 Å². The number of carbonyl (C=O) groups is 1. The Labute approximate surface area is 207 Å². The molecule has 0 saturated carbocycles. The van der Waals surface area contributed by atoms with Gasteiger partial charge in [0.2, 0.25) is 5.91 Å². The van der Waals surface area contributed by atoms with Crippen LogP contribution in [0.25, 0.3) is 5.69 Å². The summed E-state index contributed by atoms with van der Waals surface area (Å²) in [7, 11) is 0. The molecule has 1 amide bonds. The van der Waals surface area contributed by atoms with E-state index in [9.17, 15) is 18.0 Å². The first-order chi connectivity index (χ1) is 16.8. The largest absolute Gasteiger partial charge is 0.416 e. The van der Waals surface area contributed by atoms with Gasteiger partial charge in [0.15, 0.2) is 5.16 Å². The number of hydrogen-bond acceptors (Lipinski definition) is 5. The van der Waals surface area contributed by atoms with Crippen LogP contribution in [0.2, 0.25) is 0 Å². The number of aromatic nitrogens is 3. The highest BCUT2D eigenvalue weighted by atomic mass is 32.2. The summed E-state index contributed by atoms with van der Waals surface area (Å²) >= 11 is 1.63. The maximum absolute atomic E-state index is 13.0. The van der Waals surface area contributed by atoms with Crippen LogP contribution in [-0.2, 0) is 11.0 Å². The van der Waals surface area contributed by atoms with E-state index in [2.05, 4.69) is 10.2 Å². The molecule has 0 bridgehead atoms. The van der Waals surface area contributed by atoms with Crippen LogP contribution in [0.15, 0.2) is 59.8 Å². The van der Waals surface area contributed by atoms with E-state index in [0.717, 1.165) is 41.3 Å². The number of benzene rings is 2. The highest BCUT2D eigenvalue weighted by Gasteiger charge is 2.31. The molecule has 0 aliphatic carbocycles. The zero-order valence-corrected chi connectivity index (χ0v) is 20.4. The number of hydrogen-bond donors (Lipinski definition) is 0. The Bertz CT molecular complexity index is 1130. The number of para-hydroxylation sites is 1. The summed E-state index contributed by atoms with van der Waals surface area (Å²) in [6.07, 6.45) is -2.24. The van der Waals surface area contributed by atoms with Crippen molar-refractivity contribution in [1.29, 1.82) is 0 Å². The van der Waals surface area contributed by atoms with Crippen molar-refractivity contribution in [2.45, 2.75) is 37.5 Å². The summed E-state index contributed by atoms with van der Waals surface area (Å²) in [5.41, 5.74) is 0.919. The normalized spacial score (nSPS) is 14.4. The van der Waals surface area contributed by atoms with Gasteiger partial charge in [-0.3, -0.25) is 9.36 Å². The lowest BCUT2D eigenvalue weighted by atomic mass is 10.1. The summed E-state index contributed by atoms with van der Waals surface area (Å²) in [5.74, 6) is 1.77. The third kappa shape index (κ3) is 6.36. The van der Waals surface area contributed by atoms with Crippen LogP contribution >= 0.6 is 11.8 Å². The van der Waals surface area contributed by atoms with Gasteiger partial charge >= 0.3 is 6.18 Å². The predicted molar refractivity (Wildman–Crippen MR) is 131 cm³/mol. The van der Waals surface area contributed by atoms with Gasteiger partial charge in [-0.15, -0.1) is 10.2 Å². The molecule has 1 aromatic heterocycles. The smallest absolute Gasteiger partial charge is 0.368 e. The van der Waals surface area contributed by atoms with Crippen LogP contribution < -0.4 is 4.90 Å². The van der Waals surface area contributed by atoms with Crippen LogP contribution in [-0.4, -0.2) is 57.5 Å². The number of alkyl halides is 3. The molecule has 0 N–H and O–H groups in total. The number of thioether (sulfide) groups is 1. The lowest BCUT2D eigenvalue weighted by Crippen LogP contribution is -2.48. The third-order valence-electron chi connectivity index (χ3n) is 6.00. The molecule has 3 aromatic rings. The molecule has 0 radical (unpaired) electrons. The maximum atomic E-state index is 13.0. The molecule has 6 nitrogen and oxygen atoms in total. The van der Waals surface area contributed by atoms with Gasteiger partial charge in [0.05, 0.1) is 5.56 Å². The number of unbranched alkanes of at least 4 members (excludes halogenated alkanes) is 1. The standard InChI is InChI=1S/C25H28F3N5OS/c1-19-29-30-24(33(19)21-9-3-2-4-10-21)35-17-6-5-12-23(34)32-15-13-31(14-16-32)22-11-7-8-20(18-22)25(26,27)28/h2-4,7-11,18H,5-6,12-17H2,1H3. The van der Waals surface area contributed by atoms with E-state index in [4.69, 9.17) is 0 Å². The zero-order valence-electron chi connectivity index (χ0n) is 19.5. The van der Waals surface area contributed by atoms with Crippen molar-refractivity contribution in [3.8, 4) is 5.69 Å². The summed E-state index contributed by atoms with van der Waals surface area (Å²) in [5, 5.41) is 9.32. The highest BCUT2D eigenvalue weighted by molar-refractivity contribution is 7.99. The van der Waals surface area contributed by atoms with E-state index in [1.807, 2.05) is 51.6 Å². The van der Waals surface area contributed by atoms with Gasteiger partial charge in [-0.1, -0.05) is 36.0 Å². The molecule has 1 aliphatic heterocycles. The van der Waals surface area contributed by atoms with E-state index in [-0.39, 0.29) is 5.91 Å². The van der Waals surface area contributed by atoms with Crippen LogP contribution in [0, 0.1) is 6.92 Å². The number of amides is 1. The topological polar surface area (TPSA) is 54.3 Å². The van der Waals surface area contributed by atoms with Crippen molar-refractivity contribution in [2.75, 3.05) is 36.8 Å². The number of aryl methyl sites for hydroxylation is 1. The number of piperazine rings is 1. The number of anilines is 1. The quantitative estimate of drug-likeness (QED) is 0.312. The van der Waals surface area contributed by atoms with Gasteiger partial charge in [-0.05, 0) is 50.1 Å². The van der Waals surface area contributed by atoms with Crippen molar-refractivity contribution >= 4 is 23.4 Å². The Balaban J connectivity index is 1.19. The first kappa shape index (κ1) is 25.1. The van der Waals surface area contributed by atoms with E-state index >= 15 is 0 Å². The molecule has 0 atom stereocenters. The summed E-state index contributed by atoms with van der Waals surface area (Å²) in [6.45, 7) is 4.01. The average Bonchev–Trinajstić information content (AvgIpc) is 3.24. The Hall–Kier alpha value is -3.01. The van der Waals surface area contributed by atoms with Gasteiger partial charge in [0.1, 0.15) is 5.82 Å². The first-order valence-electron chi connectivity index (χ1n) is 11.6. The second kappa shape index (κ2) is 11.2. The molecular formula is C25H28F3N5OS. The van der Waals surface area contributed by atoms with Gasteiger partial charge in [0.25, 0.3) is 0 Å². The lowest BCUT2D eigenvalue weighted by Gasteiger charge is -2.36. The number of halogens is 3. The zero-order chi connectivity index (χ0) is 24.8. The second-order valence-electron chi connectivity index (χ2n) is 8.42. The van der Waals surface area contributed by atoms with Crippen LogP contribution in [0.4, 0.5) is 18.9 Å². The minimum Gasteiger partial charge on any atom is -0.368 e. The molecule has 1 aliphatic rings. The minimum atomic E-state index is -4.36. The van der Waals surface area contributed by atoms with Crippen LogP contribution in [0.1, 0.15) is 30.7 Å². The Kier molecular flexibility index (Phi) is 8.00. The molecular weight excluding hydrogens is 475 g/mol. The van der Waals surface area contributed by atoms with Crippen molar-refractivity contribution in [3.63, 3.8) is 0 Å². The molecule has 1 fully saturated rings. The van der Waals surface area contributed by atoms with Crippen LogP contribution in [0.3, 0.4) is 0 Å². The molecule has 0 spiro atoms. The Morgan fingerprint density at radius 3 is 2.37 bits per heavy atom. The maximum Gasteiger partial charge on any atom is 0.416 e. The van der Waals surface area contributed by atoms with E-state index in [1.165, 1.54) is 12.1 Å². The summed E-state index contributed by atoms with van der Waals surface area (Å²) < 4.78 is 41.0. The number of rotatable bonds is 8. The molecule has 35 heavy (non-hydrogen) atoms. The van der Waals surface area contributed by atoms with Crippen molar-refractivity contribution in [2.24, 2.45) is 0 Å². The number of carbonyl (C=O) groups excluding carboxylic acids is 1. The molecule has 10 heteroatoms. The van der Waals surface area contributed by atoms with Gasteiger partial charge < -0.3 is 9.80 Å². The molecule has 4 rings (SSSR count). The summed E-state index contributed by atoms with van der Waals surface area (Å²) in [6, 6.07) is 15.3. The van der Waals surface area contributed by atoms with Gasteiger partial charge in [-0.2, -0.15) is 13.2 Å². The molecule has 1 saturated heterocycles. The predicted octanol–water partition coefficient (Wildman–Crippen LogP) is 5.21. The van der Waals surface area contributed by atoms with Gasteiger partial charge in [0, 0.05) is 49.7 Å². The minimum absolute atomic E-state index is 0.0991. The molecule has 186 valence electrons. The highest BCUT2D eigenvalue weighted by Crippen LogP contribution is 2.32. The van der Waals surface area contributed by atoms with Crippen molar-refractivity contribution < 1.29 is 18.0 Å². The SMILES string of the molecule is Cc1nnc(SCCCCC(=O)N2CCN(c3cccc(C(F)(F)F)c3)CC2)n1-c1ccccc1. The molecule has 2 aromatic carbocycles. The fraction of sp³-hybridized carbons (Fsp3) is 0.400. The summed E-state index contributed by atoms with van der Waals surface area (Å²) in [4.78, 5) is 16.3. The van der Waals surface area contributed by atoms with Crippen molar-refractivity contribution in [3.05, 3.63) is 66.0 Å². The Morgan fingerprint density at radius 1 is 0.943 bits per heavy atom.